The maximum absolute atomic E-state index is 12.3. The lowest BCUT2D eigenvalue weighted by molar-refractivity contribution is -0.142. The number of piperidine rings is 1. The van der Waals surface area contributed by atoms with Crippen molar-refractivity contribution < 1.29 is 23.9 Å². The summed E-state index contributed by atoms with van der Waals surface area (Å²) in [6.07, 6.45) is 1.14. The number of benzene rings is 1. The number of hydrogen-bond donors (Lipinski definition) is 2. The molecule has 2 N–H and O–H groups in total. The monoisotopic (exact) mass is 361 g/mol. The molecule has 2 aliphatic rings. The number of hydrogen-bond acceptors (Lipinski definition) is 5. The van der Waals surface area contributed by atoms with Crippen molar-refractivity contribution in [1.82, 2.24) is 15.5 Å². The summed E-state index contributed by atoms with van der Waals surface area (Å²) in [5.74, 6) is 0.0881. The van der Waals surface area contributed by atoms with Crippen LogP contribution < -0.4 is 15.4 Å². The number of rotatable bonds is 4. The summed E-state index contributed by atoms with van der Waals surface area (Å²) in [4.78, 5) is 37.5. The third-order valence-electron chi connectivity index (χ3n) is 4.55. The molecule has 0 radical (unpaired) electrons. The molecule has 1 spiro atoms. The van der Waals surface area contributed by atoms with E-state index in [4.69, 9.17) is 9.47 Å². The maximum atomic E-state index is 12.3. The van der Waals surface area contributed by atoms with Crippen molar-refractivity contribution >= 4 is 17.9 Å². The highest BCUT2D eigenvalue weighted by atomic mass is 16.5. The Balaban J connectivity index is 1.51. The number of nitrogens with zero attached hydrogens (tertiary/aromatic N) is 1. The van der Waals surface area contributed by atoms with E-state index in [1.165, 1.54) is 0 Å². The molecule has 8 heteroatoms. The van der Waals surface area contributed by atoms with Crippen molar-refractivity contribution in [2.24, 2.45) is 0 Å². The van der Waals surface area contributed by atoms with E-state index in [1.54, 1.807) is 30.0 Å². The standard InChI is InChI=1S/C18H23N3O5/c1-2-25-15(22)7-10-19-17(24)21-11-8-18(9-12-21)20-16(23)13-5-3-4-6-14(13)26-18/h3-6H,2,7-12H2,1H3,(H,19,24)(H,20,23). The molecular weight excluding hydrogens is 338 g/mol. The Bertz CT molecular complexity index is 698. The van der Waals surface area contributed by atoms with Crippen LogP contribution in [0.25, 0.3) is 0 Å². The van der Waals surface area contributed by atoms with Gasteiger partial charge in [0.15, 0.2) is 5.72 Å². The molecule has 1 fully saturated rings. The summed E-state index contributed by atoms with van der Waals surface area (Å²) in [5, 5.41) is 5.65. The van der Waals surface area contributed by atoms with Crippen LogP contribution in [0.3, 0.4) is 0 Å². The zero-order valence-electron chi connectivity index (χ0n) is 14.7. The molecule has 0 aliphatic carbocycles. The molecule has 8 nitrogen and oxygen atoms in total. The highest BCUT2D eigenvalue weighted by molar-refractivity contribution is 5.98. The molecule has 3 rings (SSSR count). The fraction of sp³-hybridized carbons (Fsp3) is 0.500. The van der Waals surface area contributed by atoms with Gasteiger partial charge < -0.3 is 25.0 Å². The zero-order valence-corrected chi connectivity index (χ0v) is 14.7. The average Bonchev–Trinajstić information content (AvgIpc) is 2.62. The highest BCUT2D eigenvalue weighted by Crippen LogP contribution is 2.33. The molecule has 3 amide bonds. The molecule has 0 unspecified atom stereocenters. The van der Waals surface area contributed by atoms with E-state index in [2.05, 4.69) is 10.6 Å². The molecule has 1 aromatic carbocycles. The van der Waals surface area contributed by atoms with Crippen LogP contribution in [0.15, 0.2) is 24.3 Å². The van der Waals surface area contributed by atoms with E-state index in [0.717, 1.165) is 0 Å². The van der Waals surface area contributed by atoms with Crippen molar-refractivity contribution in [2.45, 2.75) is 31.9 Å². The molecule has 1 saturated heterocycles. The number of ether oxygens (including phenoxy) is 2. The normalized spacial score (nSPS) is 17.7. The maximum Gasteiger partial charge on any atom is 0.317 e. The van der Waals surface area contributed by atoms with Gasteiger partial charge in [-0.15, -0.1) is 0 Å². The lowest BCUT2D eigenvalue weighted by Gasteiger charge is -2.44. The average molecular weight is 361 g/mol. The Labute approximate surface area is 151 Å². The number of nitrogens with one attached hydrogen (secondary N) is 2. The molecule has 0 bridgehead atoms. The van der Waals surface area contributed by atoms with Crippen LogP contribution in [0.4, 0.5) is 4.79 Å². The lowest BCUT2D eigenvalue weighted by atomic mass is 9.97. The first-order valence-corrected chi connectivity index (χ1v) is 8.82. The summed E-state index contributed by atoms with van der Waals surface area (Å²) >= 11 is 0. The van der Waals surface area contributed by atoms with Crippen molar-refractivity contribution in [3.8, 4) is 5.75 Å². The van der Waals surface area contributed by atoms with E-state index in [-0.39, 0.29) is 30.9 Å². The predicted octanol–water partition coefficient (Wildman–Crippen LogP) is 1.26. The fourth-order valence-electron chi connectivity index (χ4n) is 3.17. The van der Waals surface area contributed by atoms with E-state index < -0.39 is 5.72 Å². The van der Waals surface area contributed by atoms with Crippen molar-refractivity contribution in [1.29, 1.82) is 0 Å². The van der Waals surface area contributed by atoms with Gasteiger partial charge in [-0.05, 0) is 19.1 Å². The molecule has 140 valence electrons. The van der Waals surface area contributed by atoms with E-state index in [1.807, 2.05) is 6.07 Å². The largest absolute Gasteiger partial charge is 0.467 e. The number of likely N-dealkylation sites (tertiary alicyclic amines) is 1. The van der Waals surface area contributed by atoms with Gasteiger partial charge in [-0.3, -0.25) is 9.59 Å². The van der Waals surface area contributed by atoms with E-state index in [0.29, 0.717) is 43.9 Å². The second kappa shape index (κ2) is 7.63. The van der Waals surface area contributed by atoms with Gasteiger partial charge >= 0.3 is 12.0 Å². The number of carbonyl (C=O) groups is 3. The summed E-state index contributed by atoms with van der Waals surface area (Å²) in [7, 11) is 0. The van der Waals surface area contributed by atoms with Gasteiger partial charge in [-0.2, -0.15) is 0 Å². The van der Waals surface area contributed by atoms with Crippen LogP contribution >= 0.6 is 0 Å². The Morgan fingerprint density at radius 2 is 2.04 bits per heavy atom. The summed E-state index contributed by atoms with van der Waals surface area (Å²) in [5.41, 5.74) is -0.245. The van der Waals surface area contributed by atoms with Gasteiger partial charge in [-0.25, -0.2) is 4.79 Å². The molecular formula is C18H23N3O5. The van der Waals surface area contributed by atoms with Gasteiger partial charge in [-0.1, -0.05) is 12.1 Å². The summed E-state index contributed by atoms with van der Waals surface area (Å²) in [6, 6.07) is 6.90. The first-order chi connectivity index (χ1) is 12.5. The van der Waals surface area contributed by atoms with Crippen molar-refractivity contribution in [3.05, 3.63) is 29.8 Å². The summed E-state index contributed by atoms with van der Waals surface area (Å²) < 4.78 is 10.9. The molecule has 0 saturated carbocycles. The van der Waals surface area contributed by atoms with Crippen molar-refractivity contribution in [3.63, 3.8) is 0 Å². The van der Waals surface area contributed by atoms with E-state index in [9.17, 15) is 14.4 Å². The molecule has 0 atom stereocenters. The number of carbonyl (C=O) groups excluding carboxylic acids is 3. The second-order valence-electron chi connectivity index (χ2n) is 6.32. The van der Waals surface area contributed by atoms with Gasteiger partial charge in [0.05, 0.1) is 18.6 Å². The van der Waals surface area contributed by atoms with Gasteiger partial charge in [0, 0.05) is 32.5 Å². The van der Waals surface area contributed by atoms with Crippen LogP contribution in [0, 0.1) is 0 Å². The second-order valence-corrected chi connectivity index (χ2v) is 6.32. The van der Waals surface area contributed by atoms with Gasteiger partial charge in [0.2, 0.25) is 0 Å². The minimum atomic E-state index is -0.771. The van der Waals surface area contributed by atoms with Crippen LogP contribution in [0.5, 0.6) is 5.75 Å². The SMILES string of the molecule is CCOC(=O)CCNC(=O)N1CCC2(CC1)NC(=O)c1ccccc1O2. The first kappa shape index (κ1) is 18.0. The first-order valence-electron chi connectivity index (χ1n) is 8.82. The molecule has 1 aromatic rings. The lowest BCUT2D eigenvalue weighted by Crippen LogP contribution is -2.62. The third kappa shape index (κ3) is 3.89. The predicted molar refractivity (Wildman–Crippen MR) is 92.7 cm³/mol. The van der Waals surface area contributed by atoms with Gasteiger partial charge in [0.25, 0.3) is 5.91 Å². The zero-order chi connectivity index (χ0) is 18.6. The highest BCUT2D eigenvalue weighted by Gasteiger charge is 2.43. The fourth-order valence-corrected chi connectivity index (χ4v) is 3.17. The molecule has 26 heavy (non-hydrogen) atoms. The molecule has 2 aliphatic heterocycles. The Morgan fingerprint density at radius 3 is 2.77 bits per heavy atom. The number of esters is 1. The smallest absolute Gasteiger partial charge is 0.317 e. The number of amides is 3. The Hall–Kier alpha value is -2.77. The topological polar surface area (TPSA) is 97.0 Å². The minimum Gasteiger partial charge on any atom is -0.467 e. The minimum absolute atomic E-state index is 0.146. The third-order valence-corrected chi connectivity index (χ3v) is 4.55. The van der Waals surface area contributed by atoms with Crippen LogP contribution in [-0.4, -0.2) is 54.8 Å². The van der Waals surface area contributed by atoms with Gasteiger partial charge in [0.1, 0.15) is 5.75 Å². The summed E-state index contributed by atoms with van der Waals surface area (Å²) in [6.45, 7) is 3.21. The quantitative estimate of drug-likeness (QED) is 0.787. The van der Waals surface area contributed by atoms with Crippen LogP contribution in [-0.2, 0) is 9.53 Å². The Morgan fingerprint density at radius 1 is 1.31 bits per heavy atom. The number of fused-ring (bicyclic) bond motifs is 1. The molecule has 0 aromatic heterocycles. The van der Waals surface area contributed by atoms with Crippen LogP contribution in [0.2, 0.25) is 0 Å². The Kier molecular flexibility index (Phi) is 5.29. The van der Waals surface area contributed by atoms with Crippen LogP contribution in [0.1, 0.15) is 36.5 Å². The number of urea groups is 1. The number of para-hydroxylation sites is 1. The molecule has 2 heterocycles. The van der Waals surface area contributed by atoms with Crippen molar-refractivity contribution in [2.75, 3.05) is 26.2 Å². The van der Waals surface area contributed by atoms with E-state index >= 15 is 0 Å².